The number of nitro benzene ring substituents is 1. The topological polar surface area (TPSA) is 124 Å². The largest absolute Gasteiger partial charge is 0.478 e. The van der Waals surface area contributed by atoms with Gasteiger partial charge in [-0.05, 0) is 18.6 Å². The number of nitrogens with zero attached hydrogens (tertiary/aromatic N) is 1. The third-order valence-corrected chi connectivity index (χ3v) is 3.99. The highest BCUT2D eigenvalue weighted by Crippen LogP contribution is 2.24. The van der Waals surface area contributed by atoms with Crippen LogP contribution in [0.3, 0.4) is 0 Å². The molecular formula is C13H15NO7S. The summed E-state index contributed by atoms with van der Waals surface area (Å²) in [4.78, 5) is 32.2. The predicted octanol–water partition coefficient (Wildman–Crippen LogP) is 1.74. The molecule has 8 nitrogen and oxygen atoms in total. The van der Waals surface area contributed by atoms with Gasteiger partial charge in [0.05, 0.1) is 27.9 Å². The summed E-state index contributed by atoms with van der Waals surface area (Å²) < 4.78 is 16.9. The molecule has 9 heteroatoms. The molecule has 1 rings (SSSR count). The molecule has 0 heterocycles. The fourth-order valence-electron chi connectivity index (χ4n) is 1.54. The van der Waals surface area contributed by atoms with Crippen LogP contribution in [0.5, 0.6) is 0 Å². The molecular weight excluding hydrogens is 314 g/mol. The Bertz CT molecular complexity index is 614. The Morgan fingerprint density at radius 2 is 2.09 bits per heavy atom. The Balaban J connectivity index is 2.91. The van der Waals surface area contributed by atoms with E-state index in [1.807, 2.05) is 6.92 Å². The van der Waals surface area contributed by atoms with E-state index in [-0.39, 0.29) is 17.1 Å². The molecule has 0 aliphatic heterocycles. The molecule has 0 saturated carbocycles. The zero-order valence-corrected chi connectivity index (χ0v) is 12.6. The summed E-state index contributed by atoms with van der Waals surface area (Å²) in [5, 5.41) is 19.8. The average Bonchev–Trinajstić information content (AvgIpc) is 2.46. The van der Waals surface area contributed by atoms with Crippen molar-refractivity contribution in [3.8, 4) is 0 Å². The van der Waals surface area contributed by atoms with Crippen molar-refractivity contribution in [2.45, 2.75) is 24.7 Å². The van der Waals surface area contributed by atoms with Crippen LogP contribution in [0, 0.1) is 10.1 Å². The third kappa shape index (κ3) is 4.92. The predicted molar refractivity (Wildman–Crippen MR) is 77.2 cm³/mol. The van der Waals surface area contributed by atoms with Gasteiger partial charge in [0.15, 0.2) is 0 Å². The third-order valence-electron chi connectivity index (χ3n) is 2.66. The molecule has 0 bridgehead atoms. The van der Waals surface area contributed by atoms with E-state index in [1.165, 1.54) is 0 Å². The van der Waals surface area contributed by atoms with E-state index in [4.69, 9.17) is 9.84 Å². The Morgan fingerprint density at radius 3 is 2.64 bits per heavy atom. The SMILES string of the molecule is CCCCOC(=O)CS(=O)c1ccc(C(=O)O)cc1[N+](=O)[O-]. The number of carboxylic acids is 1. The Morgan fingerprint density at radius 1 is 1.41 bits per heavy atom. The molecule has 1 atom stereocenters. The van der Waals surface area contributed by atoms with Gasteiger partial charge in [-0.25, -0.2) is 4.79 Å². The Kier molecular flexibility index (Phi) is 6.64. The molecule has 1 unspecified atom stereocenters. The van der Waals surface area contributed by atoms with Gasteiger partial charge < -0.3 is 9.84 Å². The average molecular weight is 329 g/mol. The van der Waals surface area contributed by atoms with Crippen molar-refractivity contribution >= 4 is 28.4 Å². The second-order valence-corrected chi connectivity index (χ2v) is 5.73. The van der Waals surface area contributed by atoms with Gasteiger partial charge in [0.1, 0.15) is 10.6 Å². The molecule has 1 aromatic rings. The van der Waals surface area contributed by atoms with Gasteiger partial charge in [0.2, 0.25) is 0 Å². The van der Waals surface area contributed by atoms with Gasteiger partial charge in [-0.2, -0.15) is 0 Å². The molecule has 0 saturated heterocycles. The van der Waals surface area contributed by atoms with E-state index < -0.39 is 39.1 Å². The second kappa shape index (κ2) is 8.23. The lowest BCUT2D eigenvalue weighted by atomic mass is 10.2. The van der Waals surface area contributed by atoms with E-state index in [1.54, 1.807) is 0 Å². The molecule has 22 heavy (non-hydrogen) atoms. The lowest BCUT2D eigenvalue weighted by Gasteiger charge is -2.05. The number of ether oxygens (including phenoxy) is 1. The molecule has 0 aliphatic rings. The molecule has 1 N–H and O–H groups in total. The van der Waals surface area contributed by atoms with Crippen molar-refractivity contribution in [3.63, 3.8) is 0 Å². The number of nitro groups is 1. The number of esters is 1. The van der Waals surface area contributed by atoms with Crippen LogP contribution in [0.1, 0.15) is 30.1 Å². The molecule has 0 aromatic heterocycles. The van der Waals surface area contributed by atoms with E-state index in [9.17, 15) is 23.9 Å². The van der Waals surface area contributed by atoms with Gasteiger partial charge in [0, 0.05) is 6.07 Å². The number of carbonyl (C=O) groups is 2. The first-order valence-electron chi connectivity index (χ1n) is 6.42. The molecule has 1 aromatic carbocycles. The van der Waals surface area contributed by atoms with Crippen LogP contribution >= 0.6 is 0 Å². The molecule has 0 radical (unpaired) electrons. The first-order chi connectivity index (χ1) is 10.4. The summed E-state index contributed by atoms with van der Waals surface area (Å²) in [6, 6.07) is 3.00. The summed E-state index contributed by atoms with van der Waals surface area (Å²) in [6.45, 7) is 2.12. The van der Waals surface area contributed by atoms with Crippen molar-refractivity contribution in [1.29, 1.82) is 0 Å². The molecule has 0 amide bonds. The number of rotatable bonds is 8. The lowest BCUT2D eigenvalue weighted by molar-refractivity contribution is -0.387. The van der Waals surface area contributed by atoms with Crippen molar-refractivity contribution < 1.29 is 28.6 Å². The highest BCUT2D eigenvalue weighted by atomic mass is 32.2. The maximum Gasteiger partial charge on any atom is 0.335 e. The Labute approximate surface area is 128 Å². The van der Waals surface area contributed by atoms with Gasteiger partial charge in [-0.1, -0.05) is 13.3 Å². The number of benzene rings is 1. The van der Waals surface area contributed by atoms with E-state index in [0.29, 0.717) is 6.42 Å². The number of unbranched alkanes of at least 4 members (excludes halogenated alkanes) is 1. The molecule has 0 aliphatic carbocycles. The summed E-state index contributed by atoms with van der Waals surface area (Å²) in [7, 11) is -1.98. The normalized spacial score (nSPS) is 11.7. The van der Waals surface area contributed by atoms with Crippen molar-refractivity contribution in [2.75, 3.05) is 12.4 Å². The lowest BCUT2D eigenvalue weighted by Crippen LogP contribution is -2.16. The molecule has 0 spiro atoms. The monoisotopic (exact) mass is 329 g/mol. The maximum atomic E-state index is 12.1. The number of carboxylic acid groups (broad SMARTS) is 1. The minimum Gasteiger partial charge on any atom is -0.478 e. The van der Waals surface area contributed by atoms with Crippen LogP contribution in [0.25, 0.3) is 0 Å². The fourth-order valence-corrected chi connectivity index (χ4v) is 2.58. The van der Waals surface area contributed by atoms with Gasteiger partial charge in [-0.3, -0.25) is 19.1 Å². The number of aromatic carboxylic acids is 1. The van der Waals surface area contributed by atoms with Crippen molar-refractivity contribution in [3.05, 3.63) is 33.9 Å². The summed E-state index contributed by atoms with van der Waals surface area (Å²) in [5.41, 5.74) is -0.891. The van der Waals surface area contributed by atoms with Crippen LogP contribution < -0.4 is 0 Å². The van der Waals surface area contributed by atoms with E-state index in [2.05, 4.69) is 0 Å². The quantitative estimate of drug-likeness (QED) is 0.333. The van der Waals surface area contributed by atoms with Crippen molar-refractivity contribution in [2.24, 2.45) is 0 Å². The number of hydrogen-bond acceptors (Lipinski definition) is 6. The van der Waals surface area contributed by atoms with Crippen LogP contribution in [0.2, 0.25) is 0 Å². The van der Waals surface area contributed by atoms with Gasteiger partial charge in [0.25, 0.3) is 5.69 Å². The van der Waals surface area contributed by atoms with Gasteiger partial charge >= 0.3 is 11.9 Å². The van der Waals surface area contributed by atoms with Crippen LogP contribution in [-0.4, -0.2) is 38.5 Å². The van der Waals surface area contributed by atoms with E-state index >= 15 is 0 Å². The van der Waals surface area contributed by atoms with Crippen LogP contribution in [0.15, 0.2) is 23.1 Å². The minimum absolute atomic E-state index is 0.201. The standard InChI is InChI=1S/C13H15NO7S/c1-2-3-6-21-12(15)8-22(20)11-5-4-9(13(16)17)7-10(11)14(18)19/h4-5,7H,2-3,6,8H2,1H3,(H,16,17). The first kappa shape index (κ1) is 17.8. The van der Waals surface area contributed by atoms with Gasteiger partial charge in [-0.15, -0.1) is 0 Å². The first-order valence-corrected chi connectivity index (χ1v) is 7.74. The van der Waals surface area contributed by atoms with E-state index in [0.717, 1.165) is 24.6 Å². The maximum absolute atomic E-state index is 12.1. The Hall–Kier alpha value is -2.29. The number of hydrogen-bond donors (Lipinski definition) is 1. The smallest absolute Gasteiger partial charge is 0.335 e. The highest BCUT2D eigenvalue weighted by Gasteiger charge is 2.23. The molecule has 120 valence electrons. The highest BCUT2D eigenvalue weighted by molar-refractivity contribution is 7.85. The number of carbonyl (C=O) groups excluding carboxylic acids is 1. The zero-order chi connectivity index (χ0) is 16.7. The van der Waals surface area contributed by atoms with Crippen LogP contribution in [-0.2, 0) is 20.3 Å². The van der Waals surface area contributed by atoms with Crippen LogP contribution in [0.4, 0.5) is 5.69 Å². The fraction of sp³-hybridized carbons (Fsp3) is 0.385. The molecule has 0 fully saturated rings. The second-order valence-electron chi connectivity index (χ2n) is 4.31. The summed E-state index contributed by atoms with van der Waals surface area (Å²) >= 11 is 0. The zero-order valence-electron chi connectivity index (χ0n) is 11.8. The minimum atomic E-state index is -1.98. The van der Waals surface area contributed by atoms with Crippen molar-refractivity contribution in [1.82, 2.24) is 0 Å². The summed E-state index contributed by atoms with van der Waals surface area (Å²) in [6.07, 6.45) is 1.50. The summed E-state index contributed by atoms with van der Waals surface area (Å²) in [5.74, 6) is -2.57.